The van der Waals surface area contributed by atoms with Crippen LogP contribution in [0.15, 0.2) is 97.3 Å². The van der Waals surface area contributed by atoms with E-state index in [-0.39, 0.29) is 11.9 Å². The predicted molar refractivity (Wildman–Crippen MR) is 149 cm³/mol. The molecule has 38 heavy (non-hydrogen) atoms. The average Bonchev–Trinajstić information content (AvgIpc) is 3.59. The number of aromatic nitrogens is 4. The van der Waals surface area contributed by atoms with Gasteiger partial charge >= 0.3 is 5.97 Å². The standard InChI is InChI=1S/C31H31N5O2/c37-30(38-22-21-34-20-17-32-29(34)25-11-5-2-6-12-25)26-15-18-35(19-16-26)31-33-27-13-7-8-14-28(27)36(31)23-24-9-3-1-4-10-24/h1-14,17,20,26H,15-16,18-19,21-23H2. The number of fused-ring (bicyclic) bond motifs is 1. The monoisotopic (exact) mass is 505 g/mol. The Morgan fingerprint density at radius 1 is 0.895 bits per heavy atom. The Bertz CT molecular complexity index is 1500. The van der Waals surface area contributed by atoms with Gasteiger partial charge in [0.25, 0.3) is 0 Å². The van der Waals surface area contributed by atoms with Crippen molar-refractivity contribution in [3.8, 4) is 11.4 Å². The Kier molecular flexibility index (Phi) is 6.89. The van der Waals surface area contributed by atoms with Gasteiger partial charge in [0.15, 0.2) is 0 Å². The molecule has 7 nitrogen and oxygen atoms in total. The fourth-order valence-corrected chi connectivity index (χ4v) is 5.24. The highest BCUT2D eigenvalue weighted by atomic mass is 16.5. The number of carbonyl (C=O) groups is 1. The molecular weight excluding hydrogens is 474 g/mol. The molecule has 0 atom stereocenters. The van der Waals surface area contributed by atoms with Gasteiger partial charge in [-0.15, -0.1) is 0 Å². The van der Waals surface area contributed by atoms with Crippen LogP contribution in [0.4, 0.5) is 5.95 Å². The Morgan fingerprint density at radius 3 is 2.39 bits per heavy atom. The van der Waals surface area contributed by atoms with Crippen LogP contribution >= 0.6 is 0 Å². The molecule has 1 saturated heterocycles. The molecule has 0 amide bonds. The number of esters is 1. The summed E-state index contributed by atoms with van der Waals surface area (Å²) >= 11 is 0. The van der Waals surface area contributed by atoms with Crippen LogP contribution in [0.5, 0.6) is 0 Å². The number of para-hydroxylation sites is 2. The van der Waals surface area contributed by atoms with Gasteiger partial charge in [0, 0.05) is 31.0 Å². The number of imidazole rings is 2. The van der Waals surface area contributed by atoms with Gasteiger partial charge in [-0.2, -0.15) is 0 Å². The maximum atomic E-state index is 12.9. The highest BCUT2D eigenvalue weighted by molar-refractivity contribution is 5.79. The van der Waals surface area contributed by atoms with E-state index in [1.165, 1.54) is 5.56 Å². The lowest BCUT2D eigenvalue weighted by Crippen LogP contribution is -2.38. The SMILES string of the molecule is O=C(OCCn1ccnc1-c1ccccc1)C1CCN(c2nc3ccccc3n2Cc2ccccc2)CC1. The van der Waals surface area contributed by atoms with Gasteiger partial charge < -0.3 is 18.8 Å². The molecule has 0 N–H and O–H groups in total. The molecule has 2 aromatic heterocycles. The molecule has 0 spiro atoms. The Morgan fingerprint density at radius 2 is 1.61 bits per heavy atom. The molecule has 1 fully saturated rings. The molecule has 0 bridgehead atoms. The highest BCUT2D eigenvalue weighted by Gasteiger charge is 2.28. The van der Waals surface area contributed by atoms with Crippen molar-refractivity contribution in [2.75, 3.05) is 24.6 Å². The lowest BCUT2D eigenvalue weighted by molar-refractivity contribution is -0.149. The van der Waals surface area contributed by atoms with Gasteiger partial charge in [0.05, 0.1) is 30.0 Å². The number of carbonyl (C=O) groups excluding carboxylic acids is 1. The molecule has 0 saturated carbocycles. The van der Waals surface area contributed by atoms with Crippen molar-refractivity contribution >= 4 is 23.0 Å². The lowest BCUT2D eigenvalue weighted by atomic mass is 9.97. The summed E-state index contributed by atoms with van der Waals surface area (Å²) in [6.07, 6.45) is 5.22. The van der Waals surface area contributed by atoms with Crippen molar-refractivity contribution in [3.63, 3.8) is 0 Å². The second-order valence-electron chi connectivity index (χ2n) is 9.71. The fraction of sp³-hybridized carbons (Fsp3) is 0.258. The van der Waals surface area contributed by atoms with E-state index in [1.807, 2.05) is 53.2 Å². The number of ether oxygens (including phenoxy) is 1. The van der Waals surface area contributed by atoms with E-state index >= 15 is 0 Å². The summed E-state index contributed by atoms with van der Waals surface area (Å²) in [7, 11) is 0. The maximum Gasteiger partial charge on any atom is 0.309 e. The third-order valence-corrected chi connectivity index (χ3v) is 7.25. The predicted octanol–water partition coefficient (Wildman–Crippen LogP) is 5.41. The summed E-state index contributed by atoms with van der Waals surface area (Å²) in [6.45, 7) is 3.23. The number of anilines is 1. The topological polar surface area (TPSA) is 65.2 Å². The molecule has 0 aliphatic carbocycles. The first kappa shape index (κ1) is 24.0. The number of piperidine rings is 1. The molecule has 192 valence electrons. The van der Waals surface area contributed by atoms with E-state index in [4.69, 9.17) is 9.72 Å². The average molecular weight is 506 g/mol. The van der Waals surface area contributed by atoms with Crippen LogP contribution in [-0.4, -0.2) is 44.8 Å². The molecule has 3 heterocycles. The van der Waals surface area contributed by atoms with Crippen LogP contribution in [0.25, 0.3) is 22.4 Å². The summed E-state index contributed by atoms with van der Waals surface area (Å²) in [5, 5.41) is 0. The molecular formula is C31H31N5O2. The molecule has 5 aromatic rings. The molecule has 3 aromatic carbocycles. The number of hydrogen-bond acceptors (Lipinski definition) is 5. The Balaban J connectivity index is 1.07. The van der Waals surface area contributed by atoms with Crippen LogP contribution in [0.3, 0.4) is 0 Å². The van der Waals surface area contributed by atoms with Gasteiger partial charge in [0.2, 0.25) is 5.95 Å². The first-order chi connectivity index (χ1) is 18.8. The van der Waals surface area contributed by atoms with Gasteiger partial charge in [-0.3, -0.25) is 4.79 Å². The van der Waals surface area contributed by atoms with Gasteiger partial charge in [-0.05, 0) is 30.5 Å². The summed E-state index contributed by atoms with van der Waals surface area (Å²) in [4.78, 5) is 24.6. The number of nitrogens with zero attached hydrogens (tertiary/aromatic N) is 5. The minimum atomic E-state index is -0.108. The second kappa shape index (κ2) is 10.9. The summed E-state index contributed by atoms with van der Waals surface area (Å²) < 4.78 is 10.0. The third kappa shape index (κ3) is 5.05. The maximum absolute atomic E-state index is 12.9. The van der Waals surface area contributed by atoms with Crippen LogP contribution in [0.2, 0.25) is 0 Å². The quantitative estimate of drug-likeness (QED) is 0.264. The van der Waals surface area contributed by atoms with Crippen molar-refractivity contribution < 1.29 is 9.53 Å². The summed E-state index contributed by atoms with van der Waals surface area (Å²) in [6, 6.07) is 28.8. The van der Waals surface area contributed by atoms with Crippen molar-refractivity contribution in [2.45, 2.75) is 25.9 Å². The molecule has 0 radical (unpaired) electrons. The van der Waals surface area contributed by atoms with E-state index in [9.17, 15) is 4.79 Å². The van der Waals surface area contributed by atoms with Crippen LogP contribution in [0, 0.1) is 5.92 Å². The minimum absolute atomic E-state index is 0.0883. The molecule has 0 unspecified atom stereocenters. The Labute approximate surface area is 222 Å². The van der Waals surface area contributed by atoms with E-state index < -0.39 is 0 Å². The van der Waals surface area contributed by atoms with Crippen molar-refractivity contribution in [3.05, 3.63) is 103 Å². The third-order valence-electron chi connectivity index (χ3n) is 7.25. The summed E-state index contributed by atoms with van der Waals surface area (Å²) in [5.74, 6) is 1.65. The molecule has 1 aliphatic rings. The normalized spacial score (nSPS) is 14.2. The lowest BCUT2D eigenvalue weighted by Gasteiger charge is -2.32. The number of benzene rings is 3. The van der Waals surface area contributed by atoms with E-state index in [0.717, 1.165) is 60.8 Å². The fourth-order valence-electron chi connectivity index (χ4n) is 5.24. The minimum Gasteiger partial charge on any atom is -0.464 e. The van der Waals surface area contributed by atoms with Gasteiger partial charge in [-0.1, -0.05) is 72.8 Å². The van der Waals surface area contributed by atoms with Gasteiger partial charge in [0.1, 0.15) is 12.4 Å². The zero-order valence-corrected chi connectivity index (χ0v) is 21.3. The van der Waals surface area contributed by atoms with Crippen molar-refractivity contribution in [2.24, 2.45) is 5.92 Å². The number of hydrogen-bond donors (Lipinski definition) is 0. The zero-order valence-electron chi connectivity index (χ0n) is 21.3. The summed E-state index contributed by atoms with van der Waals surface area (Å²) in [5.41, 5.74) is 4.41. The van der Waals surface area contributed by atoms with Crippen LogP contribution in [0.1, 0.15) is 18.4 Å². The van der Waals surface area contributed by atoms with E-state index in [0.29, 0.717) is 13.2 Å². The highest BCUT2D eigenvalue weighted by Crippen LogP contribution is 2.28. The largest absolute Gasteiger partial charge is 0.464 e. The van der Waals surface area contributed by atoms with Crippen LogP contribution in [-0.2, 0) is 22.6 Å². The second-order valence-corrected chi connectivity index (χ2v) is 9.71. The van der Waals surface area contributed by atoms with Crippen molar-refractivity contribution in [1.82, 2.24) is 19.1 Å². The van der Waals surface area contributed by atoms with Crippen LogP contribution < -0.4 is 4.90 Å². The molecule has 6 rings (SSSR count). The smallest absolute Gasteiger partial charge is 0.309 e. The van der Waals surface area contributed by atoms with Crippen molar-refractivity contribution in [1.29, 1.82) is 0 Å². The first-order valence-electron chi connectivity index (χ1n) is 13.2. The van der Waals surface area contributed by atoms with E-state index in [2.05, 4.69) is 56.9 Å². The zero-order chi connectivity index (χ0) is 25.7. The van der Waals surface area contributed by atoms with Gasteiger partial charge in [-0.25, -0.2) is 9.97 Å². The molecule has 7 heteroatoms. The van der Waals surface area contributed by atoms with E-state index in [1.54, 1.807) is 6.20 Å². The molecule has 1 aliphatic heterocycles. The Hall–Kier alpha value is -4.39. The first-order valence-corrected chi connectivity index (χ1v) is 13.2. The number of rotatable bonds is 8.